The second-order valence-electron chi connectivity index (χ2n) is 5.44. The van der Waals surface area contributed by atoms with E-state index in [1.54, 1.807) is 0 Å². The van der Waals surface area contributed by atoms with E-state index in [0.29, 0.717) is 5.69 Å². The van der Waals surface area contributed by atoms with Crippen LogP contribution in [-0.4, -0.2) is 17.0 Å². The minimum absolute atomic E-state index is 0.00284. The van der Waals surface area contributed by atoms with Crippen molar-refractivity contribution in [3.05, 3.63) is 72.1 Å². The highest BCUT2D eigenvalue weighted by Gasteiger charge is 2.23. The molecule has 3 aromatic rings. The predicted molar refractivity (Wildman–Crippen MR) is 85.8 cm³/mol. The molecule has 0 fully saturated rings. The zero-order valence-corrected chi connectivity index (χ0v) is 12.2. The van der Waals surface area contributed by atoms with E-state index in [1.807, 2.05) is 47.2 Å². The number of para-hydroxylation sites is 1. The van der Waals surface area contributed by atoms with Gasteiger partial charge in [-0.05, 0) is 36.2 Å². The first-order valence-electron chi connectivity index (χ1n) is 7.28. The van der Waals surface area contributed by atoms with Gasteiger partial charge in [-0.2, -0.15) is 0 Å². The minimum atomic E-state index is -0.00284. The topological polar surface area (TPSA) is 31.2 Å². The van der Waals surface area contributed by atoms with Crippen LogP contribution in [0.3, 0.4) is 0 Å². The number of carbonyl (C=O) groups excluding carboxylic acids is 1. The average molecular weight is 289 g/mol. The second kappa shape index (κ2) is 4.88. The Labute approximate surface area is 128 Å². The molecule has 0 atom stereocenters. The molecule has 1 aliphatic rings. The summed E-state index contributed by atoms with van der Waals surface area (Å²) in [5.74, 6) is 0.737. The molecule has 0 aliphatic carbocycles. The zero-order chi connectivity index (χ0) is 15.1. The van der Waals surface area contributed by atoms with Gasteiger partial charge in [0.1, 0.15) is 5.75 Å². The van der Waals surface area contributed by atoms with Gasteiger partial charge < -0.3 is 9.30 Å². The lowest BCUT2D eigenvalue weighted by molar-refractivity contribution is 0.0921. The third kappa shape index (κ3) is 1.86. The van der Waals surface area contributed by atoms with Gasteiger partial charge in [-0.15, -0.1) is 0 Å². The van der Waals surface area contributed by atoms with Crippen LogP contribution in [0.4, 0.5) is 0 Å². The Balaban J connectivity index is 2.05. The molecule has 3 nitrogen and oxygen atoms in total. The monoisotopic (exact) mass is 289 g/mol. The summed E-state index contributed by atoms with van der Waals surface area (Å²) in [6.45, 7) is 2.17. The molecule has 22 heavy (non-hydrogen) atoms. The summed E-state index contributed by atoms with van der Waals surface area (Å²) in [7, 11) is 0. The van der Waals surface area contributed by atoms with Gasteiger partial charge in [-0.3, -0.25) is 4.79 Å². The van der Waals surface area contributed by atoms with Crippen LogP contribution in [-0.2, 0) is 0 Å². The van der Waals surface area contributed by atoms with Crippen molar-refractivity contribution in [2.24, 2.45) is 0 Å². The summed E-state index contributed by atoms with van der Waals surface area (Å²) in [6, 6.07) is 18.0. The fourth-order valence-corrected chi connectivity index (χ4v) is 3.00. The Morgan fingerprint density at radius 3 is 2.64 bits per heavy atom. The normalized spacial score (nSPS) is 13.0. The number of ether oxygens (including phenoxy) is 1. The van der Waals surface area contributed by atoms with E-state index in [0.717, 1.165) is 22.6 Å². The van der Waals surface area contributed by atoms with Crippen molar-refractivity contribution in [1.82, 2.24) is 4.57 Å². The Kier molecular flexibility index (Phi) is 2.86. The molecule has 0 saturated heterocycles. The number of nitrogens with zero attached hydrogens (tertiary/aromatic N) is 1. The highest BCUT2D eigenvalue weighted by atomic mass is 16.5. The van der Waals surface area contributed by atoms with Crippen LogP contribution in [0.15, 0.2) is 60.8 Å². The predicted octanol–water partition coefficient (Wildman–Crippen LogP) is 4.03. The standard InChI is InChI=1S/C19H15NO2/c1-13-6-2-3-7-14(13)15-8-4-10-18-19(15)20-11-5-9-16(20)17(21)12-22-18/h2-11H,12H2,1H3. The van der Waals surface area contributed by atoms with Crippen LogP contribution >= 0.6 is 0 Å². The number of rotatable bonds is 1. The third-order valence-electron chi connectivity index (χ3n) is 4.07. The number of Topliss-reactive ketones (excluding diaryl/α,β-unsaturated/α-hetero) is 1. The van der Waals surface area contributed by atoms with E-state index in [2.05, 4.69) is 25.1 Å². The van der Waals surface area contributed by atoms with Crippen molar-refractivity contribution in [1.29, 1.82) is 0 Å². The molecule has 0 saturated carbocycles. The maximum atomic E-state index is 12.2. The van der Waals surface area contributed by atoms with Gasteiger partial charge in [0.25, 0.3) is 0 Å². The highest BCUT2D eigenvalue weighted by molar-refractivity contribution is 5.98. The van der Waals surface area contributed by atoms with Crippen LogP contribution in [0.1, 0.15) is 16.1 Å². The van der Waals surface area contributed by atoms with Crippen molar-refractivity contribution in [2.75, 3.05) is 6.61 Å². The van der Waals surface area contributed by atoms with Gasteiger partial charge in [0, 0.05) is 11.8 Å². The van der Waals surface area contributed by atoms with Crippen LogP contribution < -0.4 is 4.74 Å². The fraction of sp³-hybridized carbons (Fsp3) is 0.105. The molecule has 1 aliphatic heterocycles. The lowest BCUT2D eigenvalue weighted by Gasteiger charge is -2.16. The Morgan fingerprint density at radius 1 is 0.955 bits per heavy atom. The molecule has 2 aromatic carbocycles. The summed E-state index contributed by atoms with van der Waals surface area (Å²) in [4.78, 5) is 12.2. The highest BCUT2D eigenvalue weighted by Crippen LogP contribution is 2.37. The minimum Gasteiger partial charge on any atom is -0.483 e. The number of aryl methyl sites for hydroxylation is 1. The average Bonchev–Trinajstić information content (AvgIpc) is 2.97. The summed E-state index contributed by atoms with van der Waals surface area (Å²) < 4.78 is 7.67. The first-order valence-corrected chi connectivity index (χ1v) is 7.28. The molecule has 0 N–H and O–H groups in total. The summed E-state index contributed by atoms with van der Waals surface area (Å²) >= 11 is 0. The number of carbonyl (C=O) groups is 1. The van der Waals surface area contributed by atoms with Crippen molar-refractivity contribution >= 4 is 5.78 Å². The zero-order valence-electron chi connectivity index (χ0n) is 12.2. The van der Waals surface area contributed by atoms with E-state index in [4.69, 9.17) is 4.74 Å². The number of fused-ring (bicyclic) bond motifs is 3. The van der Waals surface area contributed by atoms with Crippen molar-refractivity contribution < 1.29 is 9.53 Å². The van der Waals surface area contributed by atoms with Gasteiger partial charge >= 0.3 is 0 Å². The summed E-state index contributed by atoms with van der Waals surface area (Å²) in [5.41, 5.74) is 5.02. The van der Waals surface area contributed by atoms with Crippen molar-refractivity contribution in [3.8, 4) is 22.6 Å². The van der Waals surface area contributed by atoms with E-state index < -0.39 is 0 Å². The van der Waals surface area contributed by atoms with E-state index >= 15 is 0 Å². The molecule has 1 aromatic heterocycles. The first-order chi connectivity index (χ1) is 10.8. The van der Waals surface area contributed by atoms with Crippen LogP contribution in [0, 0.1) is 6.92 Å². The second-order valence-corrected chi connectivity index (χ2v) is 5.44. The molecule has 0 spiro atoms. The molecule has 2 heterocycles. The van der Waals surface area contributed by atoms with Gasteiger partial charge in [0.15, 0.2) is 6.61 Å². The van der Waals surface area contributed by atoms with Crippen molar-refractivity contribution in [3.63, 3.8) is 0 Å². The Hall–Kier alpha value is -2.81. The number of ketones is 1. The van der Waals surface area contributed by atoms with Crippen molar-refractivity contribution in [2.45, 2.75) is 6.92 Å². The van der Waals surface area contributed by atoms with E-state index in [1.165, 1.54) is 5.56 Å². The lowest BCUT2D eigenvalue weighted by Crippen LogP contribution is -2.10. The SMILES string of the molecule is Cc1ccccc1-c1cccc2c1-n1cccc1C(=O)CO2. The fourth-order valence-electron chi connectivity index (χ4n) is 3.00. The van der Waals surface area contributed by atoms with Gasteiger partial charge in [-0.25, -0.2) is 0 Å². The summed E-state index contributed by atoms with van der Waals surface area (Å²) in [5, 5.41) is 0. The third-order valence-corrected chi connectivity index (χ3v) is 4.07. The maximum absolute atomic E-state index is 12.2. The first kappa shape index (κ1) is 12.9. The quantitative estimate of drug-likeness (QED) is 0.677. The van der Waals surface area contributed by atoms with Crippen LogP contribution in [0.25, 0.3) is 16.8 Å². The summed E-state index contributed by atoms with van der Waals surface area (Å²) in [6.07, 6.45) is 1.92. The van der Waals surface area contributed by atoms with E-state index in [-0.39, 0.29) is 12.4 Å². The molecular weight excluding hydrogens is 274 g/mol. The van der Waals surface area contributed by atoms with Gasteiger partial charge in [0.2, 0.25) is 5.78 Å². The molecular formula is C19H15NO2. The molecule has 0 unspecified atom stereocenters. The Bertz CT molecular complexity index is 877. The number of hydrogen-bond acceptors (Lipinski definition) is 2. The number of benzene rings is 2. The largest absolute Gasteiger partial charge is 0.483 e. The smallest absolute Gasteiger partial charge is 0.216 e. The molecule has 4 rings (SSSR count). The van der Waals surface area contributed by atoms with E-state index in [9.17, 15) is 4.79 Å². The Morgan fingerprint density at radius 2 is 1.77 bits per heavy atom. The van der Waals surface area contributed by atoms with Crippen LogP contribution in [0.2, 0.25) is 0 Å². The number of aromatic nitrogens is 1. The lowest BCUT2D eigenvalue weighted by atomic mass is 9.98. The molecule has 3 heteroatoms. The molecule has 0 bridgehead atoms. The molecule has 0 amide bonds. The molecule has 108 valence electrons. The molecule has 0 radical (unpaired) electrons. The number of hydrogen-bond donors (Lipinski definition) is 0. The van der Waals surface area contributed by atoms with Crippen LogP contribution in [0.5, 0.6) is 5.75 Å². The maximum Gasteiger partial charge on any atom is 0.216 e. The van der Waals surface area contributed by atoms with Gasteiger partial charge in [-0.1, -0.05) is 36.4 Å². The van der Waals surface area contributed by atoms with Gasteiger partial charge in [0.05, 0.1) is 11.4 Å².